The van der Waals surface area contributed by atoms with E-state index in [9.17, 15) is 4.79 Å². The Morgan fingerprint density at radius 3 is 2.43 bits per heavy atom. The molecule has 5 nitrogen and oxygen atoms in total. The van der Waals surface area contributed by atoms with Gasteiger partial charge in [-0.15, -0.1) is 0 Å². The number of likely N-dealkylation sites (tertiary alicyclic amines) is 1. The second-order valence-corrected chi connectivity index (χ2v) is 9.58. The molecule has 5 heteroatoms. The van der Waals surface area contributed by atoms with Crippen molar-refractivity contribution in [3.8, 4) is 0 Å². The highest BCUT2D eigenvalue weighted by atomic mass is 16.6. The zero-order chi connectivity index (χ0) is 20.3. The summed E-state index contributed by atoms with van der Waals surface area (Å²) in [6.45, 7) is 11.4. The predicted octanol–water partition coefficient (Wildman–Crippen LogP) is 5.70. The summed E-state index contributed by atoms with van der Waals surface area (Å²) in [5, 5.41) is 0. The highest BCUT2D eigenvalue weighted by Gasteiger charge is 2.32. The summed E-state index contributed by atoms with van der Waals surface area (Å²) in [5.41, 5.74) is 0.744. The van der Waals surface area contributed by atoms with E-state index in [0.29, 0.717) is 12.1 Å². The smallest absolute Gasteiger partial charge is 0.416 e. The lowest BCUT2D eigenvalue weighted by molar-refractivity contribution is 0.0556. The Kier molecular flexibility index (Phi) is 6.64. The Morgan fingerprint density at radius 1 is 1.14 bits per heavy atom. The molecule has 1 saturated heterocycles. The number of hydrogen-bond acceptors (Lipinski definition) is 4. The average Bonchev–Trinajstić information content (AvgIpc) is 3.12. The van der Waals surface area contributed by atoms with Gasteiger partial charge < -0.3 is 4.74 Å². The topological polar surface area (TPSA) is 45.7 Å². The lowest BCUT2D eigenvalue weighted by Gasteiger charge is -2.35. The quantitative estimate of drug-likeness (QED) is 0.665. The van der Waals surface area contributed by atoms with Gasteiger partial charge in [0.25, 0.3) is 0 Å². The molecule has 0 N–H and O–H groups in total. The van der Waals surface area contributed by atoms with Crippen LogP contribution in [-0.2, 0) is 4.74 Å². The maximum atomic E-state index is 13.0. The van der Waals surface area contributed by atoms with Crippen LogP contribution in [0.25, 0.3) is 0 Å². The van der Waals surface area contributed by atoms with Crippen LogP contribution < -0.4 is 4.90 Å². The van der Waals surface area contributed by atoms with Gasteiger partial charge in [-0.2, -0.15) is 0 Å². The molecule has 1 atom stereocenters. The molecule has 1 aromatic rings. The second kappa shape index (κ2) is 8.81. The van der Waals surface area contributed by atoms with E-state index in [1.807, 2.05) is 37.9 Å². The Balaban J connectivity index is 1.82. The largest absolute Gasteiger partial charge is 0.443 e. The van der Waals surface area contributed by atoms with Gasteiger partial charge in [-0.3, -0.25) is 9.80 Å². The Morgan fingerprint density at radius 2 is 1.86 bits per heavy atom. The van der Waals surface area contributed by atoms with E-state index < -0.39 is 5.60 Å². The second-order valence-electron chi connectivity index (χ2n) is 9.58. The van der Waals surface area contributed by atoms with Crippen LogP contribution in [0.2, 0.25) is 0 Å². The summed E-state index contributed by atoms with van der Waals surface area (Å²) in [5.74, 6) is 0.721. The molecule has 0 radical (unpaired) electrons. The molecular weight excluding hydrogens is 350 g/mol. The molecule has 156 valence electrons. The number of aromatic nitrogens is 1. The van der Waals surface area contributed by atoms with Crippen LogP contribution >= 0.6 is 0 Å². The van der Waals surface area contributed by atoms with Crippen molar-refractivity contribution in [3.05, 3.63) is 23.9 Å². The normalized spacial score (nSPS) is 21.9. The van der Waals surface area contributed by atoms with E-state index in [-0.39, 0.29) is 12.1 Å². The SMILES string of the molecule is CC(C)N1CCC[C@H]1c1ccc(N(C(=O)OC(C)(C)C)C2CCCCC2)nc1. The lowest BCUT2D eigenvalue weighted by atomic mass is 9.94. The zero-order valence-corrected chi connectivity index (χ0v) is 18.3. The molecule has 28 heavy (non-hydrogen) atoms. The van der Waals surface area contributed by atoms with Crippen LogP contribution in [0.1, 0.15) is 91.2 Å². The summed E-state index contributed by atoms with van der Waals surface area (Å²) in [7, 11) is 0. The third kappa shape index (κ3) is 5.05. The maximum absolute atomic E-state index is 13.0. The van der Waals surface area contributed by atoms with E-state index in [4.69, 9.17) is 9.72 Å². The fourth-order valence-electron chi connectivity index (χ4n) is 4.58. The first-order valence-electron chi connectivity index (χ1n) is 11.0. The molecule has 2 fully saturated rings. The van der Waals surface area contributed by atoms with E-state index in [2.05, 4.69) is 24.8 Å². The highest BCUT2D eigenvalue weighted by Crippen LogP contribution is 2.34. The molecule has 1 aliphatic heterocycles. The molecule has 1 amide bonds. The summed E-state index contributed by atoms with van der Waals surface area (Å²) in [6, 6.07) is 5.33. The minimum atomic E-state index is -0.508. The van der Waals surface area contributed by atoms with Crippen LogP contribution in [0.5, 0.6) is 0 Å². The fraction of sp³-hybridized carbons (Fsp3) is 0.739. The van der Waals surface area contributed by atoms with E-state index in [1.54, 1.807) is 0 Å². The van der Waals surface area contributed by atoms with Crippen molar-refractivity contribution in [2.45, 2.75) is 103 Å². The summed E-state index contributed by atoms with van der Waals surface area (Å²) in [6.07, 6.45) is 9.72. The average molecular weight is 388 g/mol. The molecule has 2 heterocycles. The highest BCUT2D eigenvalue weighted by molar-refractivity contribution is 5.87. The molecule has 0 spiro atoms. The first-order valence-corrected chi connectivity index (χ1v) is 11.0. The minimum absolute atomic E-state index is 0.181. The van der Waals surface area contributed by atoms with Crippen LogP contribution in [0, 0.1) is 0 Å². The van der Waals surface area contributed by atoms with Gasteiger partial charge in [0.1, 0.15) is 11.4 Å². The number of pyridine rings is 1. The number of carbonyl (C=O) groups excluding carboxylic acids is 1. The number of hydrogen-bond donors (Lipinski definition) is 0. The number of amides is 1. The molecule has 1 aromatic heterocycles. The number of nitrogens with zero attached hydrogens (tertiary/aromatic N) is 3. The number of rotatable bonds is 4. The van der Waals surface area contributed by atoms with E-state index in [1.165, 1.54) is 24.8 Å². The Hall–Kier alpha value is -1.62. The summed E-state index contributed by atoms with van der Waals surface area (Å²) in [4.78, 5) is 22.1. The van der Waals surface area contributed by atoms with Gasteiger partial charge in [-0.1, -0.05) is 25.3 Å². The van der Waals surface area contributed by atoms with Crippen LogP contribution in [0.3, 0.4) is 0 Å². The van der Waals surface area contributed by atoms with Gasteiger partial charge in [0.05, 0.1) is 0 Å². The van der Waals surface area contributed by atoms with Crippen LogP contribution in [0.15, 0.2) is 18.3 Å². The summed E-state index contributed by atoms with van der Waals surface area (Å²) >= 11 is 0. The van der Waals surface area contributed by atoms with Crippen LogP contribution in [0.4, 0.5) is 10.6 Å². The van der Waals surface area contributed by atoms with Gasteiger partial charge in [-0.25, -0.2) is 9.78 Å². The Labute approximate surface area is 170 Å². The summed E-state index contributed by atoms with van der Waals surface area (Å²) < 4.78 is 5.72. The van der Waals surface area contributed by atoms with E-state index >= 15 is 0 Å². The number of ether oxygens (including phenoxy) is 1. The predicted molar refractivity (Wildman–Crippen MR) is 114 cm³/mol. The molecule has 2 aliphatic rings. The van der Waals surface area contributed by atoms with Crippen molar-refractivity contribution in [1.82, 2.24) is 9.88 Å². The molecular formula is C23H37N3O2. The molecule has 0 unspecified atom stereocenters. The number of carbonyl (C=O) groups is 1. The standard InChI is InChI=1S/C23H37N3O2/c1-17(2)25-15-9-12-20(25)18-13-14-21(24-16-18)26(19-10-7-6-8-11-19)22(27)28-23(3,4)5/h13-14,16-17,19-20H,6-12,15H2,1-5H3/t20-/m0/s1. The van der Waals surface area contributed by atoms with Crippen LogP contribution in [-0.4, -0.2) is 40.2 Å². The molecule has 0 aromatic carbocycles. The molecule has 1 saturated carbocycles. The monoisotopic (exact) mass is 387 g/mol. The third-order valence-electron chi connectivity index (χ3n) is 5.89. The van der Waals surface area contributed by atoms with Crippen molar-refractivity contribution >= 4 is 11.9 Å². The first kappa shape index (κ1) is 21.1. The molecule has 3 rings (SSSR count). The molecule has 0 bridgehead atoms. The maximum Gasteiger partial charge on any atom is 0.416 e. The van der Waals surface area contributed by atoms with E-state index in [0.717, 1.165) is 38.0 Å². The lowest BCUT2D eigenvalue weighted by Crippen LogP contribution is -2.45. The minimum Gasteiger partial charge on any atom is -0.443 e. The Bertz CT molecular complexity index is 645. The van der Waals surface area contributed by atoms with Crippen molar-refractivity contribution < 1.29 is 9.53 Å². The van der Waals surface area contributed by atoms with Gasteiger partial charge in [-0.05, 0) is 78.5 Å². The van der Waals surface area contributed by atoms with Gasteiger partial charge in [0.15, 0.2) is 0 Å². The van der Waals surface area contributed by atoms with Crippen molar-refractivity contribution in [3.63, 3.8) is 0 Å². The number of anilines is 1. The van der Waals surface area contributed by atoms with Crippen molar-refractivity contribution in [1.29, 1.82) is 0 Å². The fourth-order valence-corrected chi connectivity index (χ4v) is 4.58. The van der Waals surface area contributed by atoms with Crippen molar-refractivity contribution in [2.24, 2.45) is 0 Å². The van der Waals surface area contributed by atoms with Gasteiger partial charge in [0, 0.05) is 24.3 Å². The first-order chi connectivity index (χ1) is 13.3. The van der Waals surface area contributed by atoms with Gasteiger partial charge in [0.2, 0.25) is 0 Å². The van der Waals surface area contributed by atoms with Crippen molar-refractivity contribution in [2.75, 3.05) is 11.4 Å². The zero-order valence-electron chi connectivity index (χ0n) is 18.3. The molecule has 1 aliphatic carbocycles. The third-order valence-corrected chi connectivity index (χ3v) is 5.89. The van der Waals surface area contributed by atoms with Gasteiger partial charge >= 0.3 is 6.09 Å².